The SMILES string of the molecule is C=C(CCC(=O)c1ccc(C)cc1)C1=C2CC(=CC(C)=C1)OCCCO2. The molecule has 1 aliphatic carbocycles. The minimum absolute atomic E-state index is 0.145. The van der Waals surface area contributed by atoms with E-state index in [2.05, 4.69) is 25.7 Å². The zero-order valence-corrected chi connectivity index (χ0v) is 15.6. The summed E-state index contributed by atoms with van der Waals surface area (Å²) in [5, 5.41) is 0. The largest absolute Gasteiger partial charge is 0.497 e. The molecule has 1 aromatic carbocycles. The average Bonchev–Trinajstić information content (AvgIpc) is 2.77. The molecule has 2 aliphatic rings. The summed E-state index contributed by atoms with van der Waals surface area (Å²) < 4.78 is 11.8. The Morgan fingerprint density at radius 1 is 1.04 bits per heavy atom. The van der Waals surface area contributed by atoms with Crippen LogP contribution in [0.3, 0.4) is 0 Å². The molecule has 1 fully saturated rings. The summed E-state index contributed by atoms with van der Waals surface area (Å²) in [6.45, 7) is 9.64. The van der Waals surface area contributed by atoms with Crippen LogP contribution in [0, 0.1) is 6.92 Å². The van der Waals surface area contributed by atoms with E-state index in [-0.39, 0.29) is 5.78 Å². The predicted molar refractivity (Wildman–Crippen MR) is 104 cm³/mol. The first-order chi connectivity index (χ1) is 12.5. The van der Waals surface area contributed by atoms with Gasteiger partial charge in [-0.15, -0.1) is 0 Å². The lowest BCUT2D eigenvalue weighted by Crippen LogP contribution is -2.09. The number of ketones is 1. The highest BCUT2D eigenvalue weighted by Gasteiger charge is 2.19. The van der Waals surface area contributed by atoms with Crippen LogP contribution in [0.25, 0.3) is 0 Å². The molecule has 0 atom stereocenters. The lowest BCUT2D eigenvalue weighted by atomic mass is 9.96. The van der Waals surface area contributed by atoms with Crippen LogP contribution in [0.2, 0.25) is 0 Å². The van der Waals surface area contributed by atoms with E-state index in [1.165, 1.54) is 0 Å². The number of hydrogen-bond acceptors (Lipinski definition) is 3. The Balaban J connectivity index is 1.72. The molecule has 0 amide bonds. The molecule has 3 nitrogen and oxygen atoms in total. The van der Waals surface area contributed by atoms with E-state index in [4.69, 9.17) is 9.47 Å². The van der Waals surface area contributed by atoms with Gasteiger partial charge >= 0.3 is 0 Å². The van der Waals surface area contributed by atoms with Crippen molar-refractivity contribution in [3.05, 3.63) is 82.4 Å². The van der Waals surface area contributed by atoms with E-state index in [0.29, 0.717) is 32.5 Å². The quantitative estimate of drug-likeness (QED) is 0.663. The summed E-state index contributed by atoms with van der Waals surface area (Å²) in [7, 11) is 0. The van der Waals surface area contributed by atoms with Crippen molar-refractivity contribution in [2.24, 2.45) is 0 Å². The van der Waals surface area contributed by atoms with Crippen molar-refractivity contribution in [1.29, 1.82) is 0 Å². The molecule has 1 aromatic rings. The van der Waals surface area contributed by atoms with E-state index in [0.717, 1.165) is 45.8 Å². The molecule has 136 valence electrons. The molecule has 2 bridgehead atoms. The second-order valence-corrected chi connectivity index (χ2v) is 6.96. The fourth-order valence-corrected chi connectivity index (χ4v) is 3.17. The van der Waals surface area contributed by atoms with E-state index in [1.807, 2.05) is 31.2 Å². The molecule has 26 heavy (non-hydrogen) atoms. The van der Waals surface area contributed by atoms with Gasteiger partial charge in [0.05, 0.1) is 19.6 Å². The maximum absolute atomic E-state index is 12.5. The topological polar surface area (TPSA) is 35.5 Å². The van der Waals surface area contributed by atoms with Gasteiger partial charge < -0.3 is 9.47 Å². The number of aryl methyl sites for hydroxylation is 1. The number of hydrogen-bond donors (Lipinski definition) is 0. The third kappa shape index (κ3) is 4.54. The molecule has 0 unspecified atom stereocenters. The molecular formula is C23H26O3. The monoisotopic (exact) mass is 350 g/mol. The van der Waals surface area contributed by atoms with Crippen molar-refractivity contribution in [3.8, 4) is 0 Å². The summed E-state index contributed by atoms with van der Waals surface area (Å²) >= 11 is 0. The molecule has 1 aliphatic heterocycles. The lowest BCUT2D eigenvalue weighted by molar-refractivity contribution is 0.0982. The molecule has 0 spiro atoms. The zero-order valence-electron chi connectivity index (χ0n) is 15.6. The number of carbonyl (C=O) groups is 1. The number of ether oxygens (including phenoxy) is 2. The zero-order chi connectivity index (χ0) is 18.5. The highest BCUT2D eigenvalue weighted by Crippen LogP contribution is 2.31. The maximum Gasteiger partial charge on any atom is 0.163 e. The van der Waals surface area contributed by atoms with Crippen LogP contribution in [-0.4, -0.2) is 19.0 Å². The number of Topliss-reactive ketones (excluding diaryl/α,β-unsaturated/α-hetero) is 1. The van der Waals surface area contributed by atoms with Gasteiger partial charge in [0.25, 0.3) is 0 Å². The molecule has 3 rings (SSSR count). The summed E-state index contributed by atoms with van der Waals surface area (Å²) in [5.41, 5.74) is 4.98. The molecule has 0 N–H and O–H groups in total. The second kappa shape index (κ2) is 8.22. The highest BCUT2D eigenvalue weighted by molar-refractivity contribution is 5.96. The van der Waals surface area contributed by atoms with Gasteiger partial charge in [0.1, 0.15) is 11.5 Å². The third-order valence-corrected chi connectivity index (χ3v) is 4.66. The van der Waals surface area contributed by atoms with Gasteiger partial charge in [-0.05, 0) is 43.6 Å². The fourth-order valence-electron chi connectivity index (χ4n) is 3.17. The molecule has 1 heterocycles. The van der Waals surface area contributed by atoms with Gasteiger partial charge in [0.15, 0.2) is 5.78 Å². The molecule has 0 saturated carbocycles. The van der Waals surface area contributed by atoms with Crippen molar-refractivity contribution in [2.45, 2.75) is 39.5 Å². The first kappa shape index (κ1) is 18.2. The van der Waals surface area contributed by atoms with Crippen LogP contribution in [0.1, 0.15) is 48.5 Å². The highest BCUT2D eigenvalue weighted by atomic mass is 16.5. The van der Waals surface area contributed by atoms with Crippen LogP contribution >= 0.6 is 0 Å². The Kier molecular flexibility index (Phi) is 5.77. The second-order valence-electron chi connectivity index (χ2n) is 6.96. The van der Waals surface area contributed by atoms with Gasteiger partial charge in [-0.25, -0.2) is 0 Å². The third-order valence-electron chi connectivity index (χ3n) is 4.66. The van der Waals surface area contributed by atoms with Crippen LogP contribution in [0.15, 0.2) is 71.2 Å². The number of rotatable bonds is 5. The average molecular weight is 350 g/mol. The number of carbonyl (C=O) groups excluding carboxylic acids is 1. The van der Waals surface area contributed by atoms with Gasteiger partial charge in [0, 0.05) is 24.0 Å². The molecule has 0 radical (unpaired) electrons. The van der Waals surface area contributed by atoms with Crippen LogP contribution in [-0.2, 0) is 9.47 Å². The Hall–Kier alpha value is -2.55. The fraction of sp³-hybridized carbons (Fsp3) is 0.348. The van der Waals surface area contributed by atoms with Crippen molar-refractivity contribution in [3.63, 3.8) is 0 Å². The first-order valence-corrected chi connectivity index (χ1v) is 9.18. The first-order valence-electron chi connectivity index (χ1n) is 9.18. The smallest absolute Gasteiger partial charge is 0.163 e. The van der Waals surface area contributed by atoms with Crippen LogP contribution in [0.4, 0.5) is 0 Å². The van der Waals surface area contributed by atoms with Crippen LogP contribution in [0.5, 0.6) is 0 Å². The van der Waals surface area contributed by atoms with Gasteiger partial charge in [-0.3, -0.25) is 4.79 Å². The van der Waals surface area contributed by atoms with Crippen LogP contribution < -0.4 is 0 Å². The molecule has 3 heteroatoms. The Labute approximate surface area is 155 Å². The summed E-state index contributed by atoms with van der Waals surface area (Å²) in [6, 6.07) is 7.73. The van der Waals surface area contributed by atoms with Crippen molar-refractivity contribution < 1.29 is 14.3 Å². The van der Waals surface area contributed by atoms with E-state index in [1.54, 1.807) is 0 Å². The van der Waals surface area contributed by atoms with Gasteiger partial charge in [-0.2, -0.15) is 0 Å². The van der Waals surface area contributed by atoms with Gasteiger partial charge in [-0.1, -0.05) is 36.4 Å². The minimum atomic E-state index is 0.145. The van der Waals surface area contributed by atoms with E-state index >= 15 is 0 Å². The number of allylic oxidation sites excluding steroid dienone is 5. The minimum Gasteiger partial charge on any atom is -0.497 e. The summed E-state index contributed by atoms with van der Waals surface area (Å²) in [6.07, 6.45) is 6.74. The van der Waals surface area contributed by atoms with Gasteiger partial charge in [0.2, 0.25) is 0 Å². The lowest BCUT2D eigenvalue weighted by Gasteiger charge is -2.20. The van der Waals surface area contributed by atoms with Crippen molar-refractivity contribution in [2.75, 3.05) is 13.2 Å². The molecular weight excluding hydrogens is 324 g/mol. The summed E-state index contributed by atoms with van der Waals surface area (Å²) in [4.78, 5) is 12.5. The maximum atomic E-state index is 12.5. The number of benzene rings is 1. The van der Waals surface area contributed by atoms with Crippen molar-refractivity contribution in [1.82, 2.24) is 0 Å². The normalized spacial score (nSPS) is 17.0. The Morgan fingerprint density at radius 3 is 2.54 bits per heavy atom. The van der Waals surface area contributed by atoms with Crippen molar-refractivity contribution >= 4 is 5.78 Å². The standard InChI is InChI=1S/C23H26O3/c1-16-5-8-19(9-6-16)22(24)10-7-18(3)21-14-17(2)13-20-15-23(21)26-12-4-11-25-20/h5-6,8-9,13-14H,3-4,7,10-12,15H2,1-2H3. The molecule has 1 saturated heterocycles. The predicted octanol–water partition coefficient (Wildman–Crippen LogP) is 5.44. The Bertz CT molecular complexity index is 791. The number of fused-ring (bicyclic) bond motifs is 2. The summed E-state index contributed by atoms with van der Waals surface area (Å²) in [5.74, 6) is 1.99. The van der Waals surface area contributed by atoms with E-state index < -0.39 is 0 Å². The Morgan fingerprint density at radius 2 is 1.77 bits per heavy atom. The molecule has 0 aromatic heterocycles. The van der Waals surface area contributed by atoms with E-state index in [9.17, 15) is 4.79 Å².